The highest BCUT2D eigenvalue weighted by Gasteiger charge is 2.15. The zero-order chi connectivity index (χ0) is 16.2. The quantitative estimate of drug-likeness (QED) is 0.852. The first kappa shape index (κ1) is 17.6. The summed E-state index contributed by atoms with van der Waals surface area (Å²) in [5.41, 5.74) is 1.76. The van der Waals surface area contributed by atoms with E-state index < -0.39 is 5.60 Å². The van der Waals surface area contributed by atoms with Crippen LogP contribution in [-0.4, -0.2) is 31.4 Å². The van der Waals surface area contributed by atoms with Gasteiger partial charge in [0, 0.05) is 12.8 Å². The van der Waals surface area contributed by atoms with E-state index in [1.54, 1.807) is 20.8 Å². The smallest absolute Gasteiger partial charge is 0.179 e. The molecule has 0 unspecified atom stereocenters. The Bertz CT molecular complexity index is 591. The molecule has 5 nitrogen and oxygen atoms in total. The first-order valence-electron chi connectivity index (χ1n) is 6.86. The Kier molecular flexibility index (Phi) is 5.87. The number of imidazole rings is 1. The summed E-state index contributed by atoms with van der Waals surface area (Å²) in [6, 6.07) is 1.95. The molecule has 2 heterocycles. The Labute approximate surface area is 129 Å². The van der Waals surface area contributed by atoms with Gasteiger partial charge in [-0.3, -0.25) is 4.79 Å². The van der Waals surface area contributed by atoms with Crippen molar-refractivity contribution < 1.29 is 9.90 Å². The van der Waals surface area contributed by atoms with E-state index in [9.17, 15) is 4.79 Å². The van der Waals surface area contributed by atoms with E-state index in [1.165, 1.54) is 0 Å². The third-order valence-electron chi connectivity index (χ3n) is 2.74. The second kappa shape index (κ2) is 7.00. The molecular weight excluding hydrogens is 290 g/mol. The monoisotopic (exact) mass is 311 g/mol. The van der Waals surface area contributed by atoms with Crippen molar-refractivity contribution in [2.45, 2.75) is 53.1 Å². The average molecular weight is 312 g/mol. The van der Waals surface area contributed by atoms with E-state index in [1.807, 2.05) is 19.9 Å². The summed E-state index contributed by atoms with van der Waals surface area (Å²) in [4.78, 5) is 22.0. The van der Waals surface area contributed by atoms with Crippen LogP contribution >= 0.6 is 11.6 Å². The minimum atomic E-state index is -0.826. The molecule has 0 bridgehead atoms. The fourth-order valence-corrected chi connectivity index (χ4v) is 1.88. The maximum absolute atomic E-state index is 10.7. The number of aryl methyl sites for hydroxylation is 2. The molecule has 0 spiro atoms. The lowest BCUT2D eigenvalue weighted by atomic mass is 10.0. The largest absolute Gasteiger partial charge is 0.390 e. The van der Waals surface area contributed by atoms with E-state index in [-0.39, 0.29) is 12.2 Å². The second-order valence-corrected chi connectivity index (χ2v) is 6.03. The van der Waals surface area contributed by atoms with Crippen LogP contribution in [0.2, 0.25) is 5.15 Å². The van der Waals surface area contributed by atoms with Crippen molar-refractivity contribution in [3.05, 3.63) is 22.6 Å². The van der Waals surface area contributed by atoms with Gasteiger partial charge in [0.25, 0.3) is 0 Å². The summed E-state index contributed by atoms with van der Waals surface area (Å²) in [6.07, 6.45) is 0.785. The Balaban J connectivity index is 0.000000222. The van der Waals surface area contributed by atoms with E-state index in [0.717, 1.165) is 16.9 Å². The summed E-state index contributed by atoms with van der Waals surface area (Å²) in [6.45, 7) is 8.89. The third-order valence-corrected chi connectivity index (χ3v) is 3.13. The molecular formula is C15H22ClN3O2. The molecule has 0 saturated heterocycles. The minimum absolute atomic E-state index is 0.113. The van der Waals surface area contributed by atoms with Crippen LogP contribution in [0.25, 0.3) is 11.2 Å². The fraction of sp³-hybridized carbons (Fsp3) is 0.533. The number of Topliss-reactive ketones (excluding diaryl/α,β-unsaturated/α-hetero) is 1. The maximum atomic E-state index is 10.7. The molecule has 2 N–H and O–H groups in total. The zero-order valence-corrected chi connectivity index (χ0v) is 13.9. The topological polar surface area (TPSA) is 78.9 Å². The van der Waals surface area contributed by atoms with Crippen LogP contribution in [-0.2, 0) is 4.79 Å². The number of halogens is 1. The number of fused-ring (bicyclic) bond motifs is 1. The summed E-state index contributed by atoms with van der Waals surface area (Å²) in [5, 5.41) is 9.62. The predicted octanol–water partition coefficient (Wildman–Crippen LogP) is 3.35. The number of nitrogens with one attached hydrogen (secondary N) is 1. The van der Waals surface area contributed by atoms with Gasteiger partial charge in [-0.05, 0) is 39.3 Å². The number of aromatic amines is 1. The molecule has 0 aromatic carbocycles. The molecule has 0 aliphatic carbocycles. The van der Waals surface area contributed by atoms with Gasteiger partial charge in [0.15, 0.2) is 5.65 Å². The lowest BCUT2D eigenvalue weighted by Crippen LogP contribution is -2.22. The predicted molar refractivity (Wildman–Crippen MR) is 84.6 cm³/mol. The van der Waals surface area contributed by atoms with Gasteiger partial charge in [-0.15, -0.1) is 0 Å². The highest BCUT2D eigenvalue weighted by Crippen LogP contribution is 2.17. The highest BCUT2D eigenvalue weighted by molar-refractivity contribution is 6.30. The number of H-pyrrole nitrogens is 1. The molecule has 0 fully saturated rings. The number of ketones is 1. The molecule has 116 valence electrons. The summed E-state index contributed by atoms with van der Waals surface area (Å²) < 4.78 is 0. The number of hydrogen-bond donors (Lipinski definition) is 2. The van der Waals surface area contributed by atoms with Crippen LogP contribution in [0, 0.1) is 13.8 Å². The number of aliphatic hydroxyl groups is 1. The van der Waals surface area contributed by atoms with Gasteiger partial charge in [-0.1, -0.05) is 18.5 Å². The Morgan fingerprint density at radius 2 is 2.00 bits per heavy atom. The number of hydrogen-bond acceptors (Lipinski definition) is 4. The first-order valence-corrected chi connectivity index (χ1v) is 7.23. The number of nitrogens with zero attached hydrogens (tertiary/aromatic N) is 2. The number of carbonyl (C=O) groups is 1. The zero-order valence-electron chi connectivity index (χ0n) is 13.1. The van der Waals surface area contributed by atoms with Crippen molar-refractivity contribution in [1.82, 2.24) is 15.0 Å². The molecule has 0 amide bonds. The Morgan fingerprint density at radius 3 is 2.48 bits per heavy atom. The molecule has 0 radical (unpaired) electrons. The number of rotatable bonds is 3. The van der Waals surface area contributed by atoms with E-state index in [2.05, 4.69) is 15.0 Å². The van der Waals surface area contributed by atoms with Crippen LogP contribution < -0.4 is 0 Å². The highest BCUT2D eigenvalue weighted by atomic mass is 35.5. The van der Waals surface area contributed by atoms with Crippen LogP contribution in [0.5, 0.6) is 0 Å². The van der Waals surface area contributed by atoms with Gasteiger partial charge in [-0.2, -0.15) is 0 Å². The molecule has 0 aliphatic rings. The van der Waals surface area contributed by atoms with Gasteiger partial charge < -0.3 is 10.1 Å². The van der Waals surface area contributed by atoms with Crippen molar-refractivity contribution in [3.63, 3.8) is 0 Å². The average Bonchev–Trinajstić information content (AvgIpc) is 2.68. The van der Waals surface area contributed by atoms with Crippen molar-refractivity contribution >= 4 is 28.5 Å². The van der Waals surface area contributed by atoms with Crippen LogP contribution in [0.15, 0.2) is 6.07 Å². The van der Waals surface area contributed by atoms with E-state index >= 15 is 0 Å². The Morgan fingerprint density at radius 1 is 1.38 bits per heavy atom. The number of carbonyl (C=O) groups excluding carboxylic acids is 1. The molecule has 0 atom stereocenters. The van der Waals surface area contributed by atoms with Crippen molar-refractivity contribution in [2.24, 2.45) is 0 Å². The number of pyridine rings is 1. The van der Waals surface area contributed by atoms with Gasteiger partial charge >= 0.3 is 0 Å². The molecule has 0 aliphatic heterocycles. The van der Waals surface area contributed by atoms with Gasteiger partial charge in [0.2, 0.25) is 0 Å². The van der Waals surface area contributed by atoms with Crippen LogP contribution in [0.4, 0.5) is 0 Å². The van der Waals surface area contributed by atoms with Gasteiger partial charge in [0.1, 0.15) is 16.8 Å². The summed E-state index contributed by atoms with van der Waals surface area (Å²) >= 11 is 5.83. The lowest BCUT2D eigenvalue weighted by molar-refractivity contribution is -0.122. The third kappa shape index (κ3) is 5.81. The van der Waals surface area contributed by atoms with Crippen molar-refractivity contribution in [3.8, 4) is 0 Å². The van der Waals surface area contributed by atoms with Gasteiger partial charge in [0.05, 0.1) is 11.1 Å². The second-order valence-electron chi connectivity index (χ2n) is 5.67. The van der Waals surface area contributed by atoms with Crippen LogP contribution in [0.3, 0.4) is 0 Å². The fourth-order valence-electron chi connectivity index (χ4n) is 1.75. The van der Waals surface area contributed by atoms with E-state index in [0.29, 0.717) is 17.2 Å². The molecule has 2 aromatic rings. The maximum Gasteiger partial charge on any atom is 0.179 e. The number of aromatic nitrogens is 3. The molecule has 2 rings (SSSR count). The summed E-state index contributed by atoms with van der Waals surface area (Å²) in [7, 11) is 0. The molecule has 0 saturated carbocycles. The first-order chi connectivity index (χ1) is 9.62. The molecule has 21 heavy (non-hydrogen) atoms. The SMILES string of the molecule is CCC(=O)CC(C)(C)O.Cc1nc2nc(Cl)c(C)cc2[nH]1. The minimum Gasteiger partial charge on any atom is -0.390 e. The van der Waals surface area contributed by atoms with Crippen molar-refractivity contribution in [1.29, 1.82) is 0 Å². The Hall–Kier alpha value is -1.46. The molecule has 2 aromatic heterocycles. The lowest BCUT2D eigenvalue weighted by Gasteiger charge is -2.14. The standard InChI is InChI=1S/C8H8ClN3.C7H14O2/c1-4-3-6-8(12-7(4)9)11-5(2)10-6;1-4-6(8)5-7(2,3)9/h3H,1-2H3,(H,10,11,12);9H,4-5H2,1-3H3. The normalized spacial score (nSPS) is 11.2. The van der Waals surface area contributed by atoms with E-state index in [4.69, 9.17) is 16.7 Å². The van der Waals surface area contributed by atoms with Crippen molar-refractivity contribution in [2.75, 3.05) is 0 Å². The van der Waals surface area contributed by atoms with Gasteiger partial charge in [-0.25, -0.2) is 9.97 Å². The summed E-state index contributed by atoms with van der Waals surface area (Å²) in [5.74, 6) is 0.974. The molecule has 6 heteroatoms. The van der Waals surface area contributed by atoms with Crippen LogP contribution in [0.1, 0.15) is 45.0 Å².